The molecule has 0 aliphatic rings. The van der Waals surface area contributed by atoms with Crippen molar-refractivity contribution in [3.8, 4) is 33.4 Å². The van der Waals surface area contributed by atoms with E-state index in [9.17, 15) is 0 Å². The third kappa shape index (κ3) is 5.78. The Morgan fingerprint density at radius 2 is 0.926 bits per heavy atom. The third-order valence-corrected chi connectivity index (χ3v) is 4.17. The summed E-state index contributed by atoms with van der Waals surface area (Å²) in [6.45, 7) is 0. The first-order valence-corrected chi connectivity index (χ1v) is 7.89. The van der Waals surface area contributed by atoms with Crippen molar-refractivity contribution in [3.63, 3.8) is 0 Å². The van der Waals surface area contributed by atoms with Crippen LogP contribution in [0.25, 0.3) is 33.4 Å². The smallest absolute Gasteiger partial charge is 1.00 e. The molecule has 0 N–H and O–H groups in total. The Balaban J connectivity index is 0.00000169. The van der Waals surface area contributed by atoms with Gasteiger partial charge in [0.25, 0.3) is 0 Å². The van der Waals surface area contributed by atoms with Gasteiger partial charge in [-0.2, -0.15) is 0 Å². The molecule has 0 nitrogen and oxygen atoms in total. The molecule has 0 spiro atoms. The molecule has 0 fully saturated rings. The van der Waals surface area contributed by atoms with Crippen molar-refractivity contribution in [2.75, 3.05) is 0 Å². The zero-order valence-electron chi connectivity index (χ0n) is 14.4. The van der Waals surface area contributed by atoms with Gasteiger partial charge in [0.1, 0.15) is 0 Å². The van der Waals surface area contributed by atoms with Crippen LogP contribution in [0.5, 0.6) is 0 Å². The summed E-state index contributed by atoms with van der Waals surface area (Å²) in [7, 11) is 0. The molecule has 4 rings (SSSR count). The SMILES string of the molecule is [Cl-].[Cl-].[Cl-].[Ti+4].c1ccc(-c2cc(-c3ccccc3)[c-](-c3ccccc3)c2)cc1. The number of halogens is 3. The Hall–Kier alpha value is -1.41. The largest absolute Gasteiger partial charge is 4.00 e. The van der Waals surface area contributed by atoms with Gasteiger partial charge < -0.3 is 37.2 Å². The van der Waals surface area contributed by atoms with Crippen LogP contribution in [-0.4, -0.2) is 0 Å². The first-order chi connectivity index (χ1) is 11.4. The number of hydrogen-bond donors (Lipinski definition) is 0. The van der Waals surface area contributed by atoms with Crippen LogP contribution in [0, 0.1) is 0 Å². The minimum atomic E-state index is 0. The van der Waals surface area contributed by atoms with Crippen molar-refractivity contribution in [2.45, 2.75) is 0 Å². The zero-order chi connectivity index (χ0) is 15.5. The molecule has 0 saturated heterocycles. The summed E-state index contributed by atoms with van der Waals surface area (Å²) < 4.78 is 0. The standard InChI is InChI=1S/C23H17.3ClH.Ti/c1-4-10-18(11-5-1)21-16-22(19-12-6-2-7-13-19)23(17-21)20-14-8-3-9-15-20;;;;/h1-17H;3*1H;/q-1;;;;+4/p-3. The number of benzene rings is 3. The third-order valence-electron chi connectivity index (χ3n) is 4.17. The van der Waals surface area contributed by atoms with Gasteiger partial charge in [0.2, 0.25) is 0 Å². The number of rotatable bonds is 3. The van der Waals surface area contributed by atoms with Crippen LogP contribution < -0.4 is 37.2 Å². The summed E-state index contributed by atoms with van der Waals surface area (Å²) >= 11 is 0. The normalized spacial score (nSPS) is 9.04. The van der Waals surface area contributed by atoms with E-state index in [1.54, 1.807) is 0 Å². The van der Waals surface area contributed by atoms with Crippen LogP contribution in [-0.2, 0) is 21.7 Å². The van der Waals surface area contributed by atoms with Crippen molar-refractivity contribution in [2.24, 2.45) is 0 Å². The van der Waals surface area contributed by atoms with Gasteiger partial charge in [-0.1, -0.05) is 107 Å². The molecule has 4 aromatic rings. The van der Waals surface area contributed by atoms with Crippen LogP contribution in [0.15, 0.2) is 103 Å². The Labute approximate surface area is 194 Å². The van der Waals surface area contributed by atoms with Gasteiger partial charge in [0, 0.05) is 0 Å². The van der Waals surface area contributed by atoms with E-state index < -0.39 is 0 Å². The van der Waals surface area contributed by atoms with Gasteiger partial charge in [-0.3, -0.25) is 0 Å². The molecular formula is C23H17Cl3Ti. The maximum Gasteiger partial charge on any atom is 4.00 e. The molecule has 0 aromatic heterocycles. The second-order valence-electron chi connectivity index (χ2n) is 5.67. The van der Waals surface area contributed by atoms with Gasteiger partial charge >= 0.3 is 21.7 Å². The Morgan fingerprint density at radius 1 is 0.481 bits per heavy atom. The maximum atomic E-state index is 2.30. The fourth-order valence-electron chi connectivity index (χ4n) is 3.02. The van der Waals surface area contributed by atoms with E-state index in [4.69, 9.17) is 0 Å². The summed E-state index contributed by atoms with van der Waals surface area (Å²) in [5.74, 6) is 0. The minimum absolute atomic E-state index is 0. The van der Waals surface area contributed by atoms with Gasteiger partial charge in [-0.15, -0.1) is 29.8 Å². The van der Waals surface area contributed by atoms with Gasteiger partial charge in [0.05, 0.1) is 0 Å². The molecule has 4 heteroatoms. The molecule has 0 bridgehead atoms. The van der Waals surface area contributed by atoms with Crippen molar-refractivity contribution in [1.82, 2.24) is 0 Å². The van der Waals surface area contributed by atoms with Crippen LogP contribution in [0.1, 0.15) is 0 Å². The molecule has 134 valence electrons. The fraction of sp³-hybridized carbons (Fsp3) is 0. The first kappa shape index (κ1) is 25.6. The summed E-state index contributed by atoms with van der Waals surface area (Å²) in [6.07, 6.45) is 0. The predicted octanol–water partition coefficient (Wildman–Crippen LogP) is -2.58. The van der Waals surface area contributed by atoms with Crippen LogP contribution in [0.2, 0.25) is 0 Å². The predicted molar refractivity (Wildman–Crippen MR) is 98.3 cm³/mol. The second-order valence-corrected chi connectivity index (χ2v) is 5.67. The van der Waals surface area contributed by atoms with Crippen LogP contribution >= 0.6 is 0 Å². The minimum Gasteiger partial charge on any atom is -1.00 e. The topological polar surface area (TPSA) is 0 Å². The van der Waals surface area contributed by atoms with Gasteiger partial charge in [0.15, 0.2) is 0 Å². The Kier molecular flexibility index (Phi) is 11.5. The van der Waals surface area contributed by atoms with E-state index in [1.165, 1.54) is 33.4 Å². The fourth-order valence-corrected chi connectivity index (χ4v) is 3.02. The van der Waals surface area contributed by atoms with Crippen molar-refractivity contribution in [3.05, 3.63) is 103 Å². The van der Waals surface area contributed by atoms with E-state index >= 15 is 0 Å². The van der Waals surface area contributed by atoms with Crippen molar-refractivity contribution >= 4 is 0 Å². The molecular weight excluding hydrogens is 430 g/mol. The zero-order valence-corrected chi connectivity index (χ0v) is 18.3. The molecule has 0 atom stereocenters. The van der Waals surface area contributed by atoms with Gasteiger partial charge in [-0.25, -0.2) is 0 Å². The molecule has 0 radical (unpaired) electrons. The molecule has 0 saturated carbocycles. The van der Waals surface area contributed by atoms with E-state index in [1.807, 2.05) is 0 Å². The molecule has 0 amide bonds. The van der Waals surface area contributed by atoms with Crippen LogP contribution in [0.4, 0.5) is 0 Å². The second kappa shape index (κ2) is 12.1. The summed E-state index contributed by atoms with van der Waals surface area (Å²) in [5, 5.41) is 0. The van der Waals surface area contributed by atoms with Crippen molar-refractivity contribution in [1.29, 1.82) is 0 Å². The summed E-state index contributed by atoms with van der Waals surface area (Å²) in [5.41, 5.74) is 7.61. The first-order valence-electron chi connectivity index (χ1n) is 7.89. The maximum absolute atomic E-state index is 2.30. The van der Waals surface area contributed by atoms with Gasteiger partial charge in [-0.05, 0) is 0 Å². The molecule has 0 unspecified atom stereocenters. The molecule has 0 aliphatic carbocycles. The summed E-state index contributed by atoms with van der Waals surface area (Å²) in [4.78, 5) is 0. The number of hydrogen-bond acceptors (Lipinski definition) is 0. The quantitative estimate of drug-likeness (QED) is 0.239. The Morgan fingerprint density at radius 3 is 1.44 bits per heavy atom. The van der Waals surface area contributed by atoms with E-state index in [-0.39, 0.29) is 58.9 Å². The summed E-state index contributed by atoms with van der Waals surface area (Å²) in [6, 6.07) is 36.4. The average Bonchev–Trinajstić information content (AvgIpc) is 3.09. The molecule has 0 heterocycles. The van der Waals surface area contributed by atoms with Crippen LogP contribution in [0.3, 0.4) is 0 Å². The monoisotopic (exact) mass is 446 g/mol. The molecule has 27 heavy (non-hydrogen) atoms. The molecule has 0 aliphatic heterocycles. The average molecular weight is 448 g/mol. The van der Waals surface area contributed by atoms with E-state index in [0.717, 1.165) is 0 Å². The van der Waals surface area contributed by atoms with E-state index in [0.29, 0.717) is 0 Å². The molecule has 4 aromatic carbocycles. The van der Waals surface area contributed by atoms with E-state index in [2.05, 4.69) is 103 Å². The van der Waals surface area contributed by atoms with Crippen molar-refractivity contribution < 1.29 is 58.9 Å². The Bertz CT molecular complexity index is 847.